The van der Waals surface area contributed by atoms with Crippen LogP contribution in [0.15, 0.2) is 29.7 Å². The molecular weight excluding hydrogens is 291 g/mol. The normalized spacial score (nSPS) is 11.1. The topological polar surface area (TPSA) is 113 Å². The molecule has 0 spiro atoms. The quantitative estimate of drug-likeness (QED) is 0.357. The van der Waals surface area contributed by atoms with Gasteiger partial charge < -0.3 is 4.74 Å². The van der Waals surface area contributed by atoms with Crippen molar-refractivity contribution >= 4 is 15.7 Å². The Bertz CT molecular complexity index is 630. The Hall–Kier alpha value is -2.00. The number of nitro benzene ring substituents is 1. The Labute approximate surface area is 115 Å². The summed E-state index contributed by atoms with van der Waals surface area (Å²) < 4.78 is 41.5. The van der Waals surface area contributed by atoms with Crippen molar-refractivity contribution in [1.82, 2.24) is 0 Å². The summed E-state index contributed by atoms with van der Waals surface area (Å²) in [6.07, 6.45) is 2.71. The van der Waals surface area contributed by atoms with Gasteiger partial charge in [-0.15, -0.1) is 6.58 Å². The minimum Gasteiger partial charge on any atom is -0.489 e. The molecule has 0 atom stereocenters. The number of unbranched alkanes of at least 4 members (excludes halogenated alkanes) is 1. The van der Waals surface area contributed by atoms with Crippen LogP contribution < -0.4 is 9.88 Å². The second-order valence-electron chi connectivity index (χ2n) is 3.84. The van der Waals surface area contributed by atoms with E-state index in [9.17, 15) is 22.9 Å². The van der Waals surface area contributed by atoms with Gasteiger partial charge in [-0.1, -0.05) is 6.08 Å². The molecule has 0 saturated heterocycles. The summed E-state index contributed by atoms with van der Waals surface area (Å²) in [7, 11) is -4.34. The molecule has 9 heteroatoms. The maximum Gasteiger partial charge on any atom is 0.274 e. The third kappa shape index (κ3) is 4.00. The highest BCUT2D eigenvalue weighted by molar-refractivity contribution is 7.89. The van der Waals surface area contributed by atoms with Crippen molar-refractivity contribution in [2.75, 3.05) is 6.61 Å². The molecule has 0 unspecified atom stereocenters. The van der Waals surface area contributed by atoms with Gasteiger partial charge in [0.1, 0.15) is 4.90 Å². The number of hydrogen-bond acceptors (Lipinski definition) is 5. The second-order valence-corrected chi connectivity index (χ2v) is 5.37. The van der Waals surface area contributed by atoms with Crippen LogP contribution in [0.2, 0.25) is 0 Å². The van der Waals surface area contributed by atoms with Crippen LogP contribution in [0.1, 0.15) is 12.8 Å². The van der Waals surface area contributed by atoms with Crippen molar-refractivity contribution in [1.29, 1.82) is 0 Å². The lowest BCUT2D eigenvalue weighted by atomic mass is 10.3. The summed E-state index contributed by atoms with van der Waals surface area (Å²) in [5.74, 6) is -1.76. The molecule has 0 aliphatic rings. The van der Waals surface area contributed by atoms with Gasteiger partial charge in [-0.25, -0.2) is 17.9 Å². The number of nitro groups is 1. The molecule has 20 heavy (non-hydrogen) atoms. The fourth-order valence-corrected chi connectivity index (χ4v) is 2.11. The predicted octanol–water partition coefficient (Wildman–Crippen LogP) is 1.73. The van der Waals surface area contributed by atoms with Gasteiger partial charge in [0.15, 0.2) is 11.6 Å². The van der Waals surface area contributed by atoms with Crippen molar-refractivity contribution in [3.63, 3.8) is 0 Å². The summed E-state index contributed by atoms with van der Waals surface area (Å²) in [6, 6.07) is 1.25. The molecule has 1 rings (SSSR count). The van der Waals surface area contributed by atoms with Crippen molar-refractivity contribution in [2.24, 2.45) is 5.14 Å². The van der Waals surface area contributed by atoms with E-state index in [1.807, 2.05) is 0 Å². The Balaban J connectivity index is 3.21. The molecule has 0 heterocycles. The number of benzene rings is 1. The second kappa shape index (κ2) is 6.44. The number of primary sulfonamides is 1. The smallest absolute Gasteiger partial charge is 0.274 e. The zero-order chi connectivity index (χ0) is 15.3. The van der Waals surface area contributed by atoms with Crippen LogP contribution in [-0.4, -0.2) is 19.9 Å². The predicted molar refractivity (Wildman–Crippen MR) is 69.4 cm³/mol. The third-order valence-electron chi connectivity index (χ3n) is 2.31. The summed E-state index contributed by atoms with van der Waals surface area (Å²) in [6.45, 7) is 3.52. The number of non-ortho nitro benzene ring substituents is 1. The first-order valence-corrected chi connectivity index (χ1v) is 7.06. The highest BCUT2D eigenvalue weighted by Crippen LogP contribution is 2.31. The van der Waals surface area contributed by atoms with Crippen molar-refractivity contribution in [3.05, 3.63) is 40.7 Å². The first-order chi connectivity index (χ1) is 9.27. The van der Waals surface area contributed by atoms with Crippen LogP contribution in [0.25, 0.3) is 0 Å². The van der Waals surface area contributed by atoms with Gasteiger partial charge >= 0.3 is 0 Å². The number of hydrogen-bond donors (Lipinski definition) is 1. The first-order valence-electron chi connectivity index (χ1n) is 5.51. The number of ether oxygens (including phenoxy) is 1. The van der Waals surface area contributed by atoms with Crippen molar-refractivity contribution in [3.8, 4) is 5.75 Å². The molecule has 0 aliphatic carbocycles. The first kappa shape index (κ1) is 16.1. The Morgan fingerprint density at radius 1 is 1.50 bits per heavy atom. The lowest BCUT2D eigenvalue weighted by Crippen LogP contribution is -2.15. The van der Waals surface area contributed by atoms with Crippen LogP contribution in [0.3, 0.4) is 0 Å². The van der Waals surface area contributed by atoms with Crippen LogP contribution in [0.4, 0.5) is 10.1 Å². The van der Waals surface area contributed by atoms with E-state index < -0.39 is 37.1 Å². The van der Waals surface area contributed by atoms with Gasteiger partial charge in [0, 0.05) is 6.07 Å². The molecule has 0 fully saturated rings. The van der Waals surface area contributed by atoms with Gasteiger partial charge in [-0.2, -0.15) is 0 Å². The maximum absolute atomic E-state index is 13.7. The maximum atomic E-state index is 13.7. The van der Waals surface area contributed by atoms with E-state index in [2.05, 4.69) is 6.58 Å². The van der Waals surface area contributed by atoms with E-state index in [0.29, 0.717) is 25.0 Å². The van der Waals surface area contributed by atoms with E-state index in [4.69, 9.17) is 9.88 Å². The van der Waals surface area contributed by atoms with Gasteiger partial charge in [-0.05, 0) is 12.8 Å². The minimum atomic E-state index is -4.34. The molecule has 0 amide bonds. The van der Waals surface area contributed by atoms with Crippen molar-refractivity contribution < 1.29 is 22.5 Å². The number of nitrogens with two attached hydrogens (primary N) is 1. The molecule has 0 aliphatic heterocycles. The molecule has 0 bridgehead atoms. The van der Waals surface area contributed by atoms with Gasteiger partial charge in [0.2, 0.25) is 10.0 Å². The average Bonchev–Trinajstić information content (AvgIpc) is 2.34. The number of sulfonamides is 1. The van der Waals surface area contributed by atoms with Crippen LogP contribution >= 0.6 is 0 Å². The van der Waals surface area contributed by atoms with E-state index >= 15 is 0 Å². The molecule has 0 radical (unpaired) electrons. The van der Waals surface area contributed by atoms with Gasteiger partial charge in [0.05, 0.1) is 17.6 Å². The fourth-order valence-electron chi connectivity index (χ4n) is 1.41. The van der Waals surface area contributed by atoms with Crippen molar-refractivity contribution in [2.45, 2.75) is 17.7 Å². The lowest BCUT2D eigenvalue weighted by Gasteiger charge is -2.10. The third-order valence-corrected chi connectivity index (χ3v) is 3.23. The van der Waals surface area contributed by atoms with Crippen LogP contribution in [-0.2, 0) is 10.0 Å². The Morgan fingerprint density at radius 3 is 2.65 bits per heavy atom. The lowest BCUT2D eigenvalue weighted by molar-refractivity contribution is -0.385. The number of rotatable bonds is 7. The number of halogens is 1. The molecule has 7 nitrogen and oxygen atoms in total. The number of allylic oxidation sites excluding steroid dienone is 1. The van der Waals surface area contributed by atoms with Gasteiger partial charge in [-0.3, -0.25) is 10.1 Å². The summed E-state index contributed by atoms with van der Waals surface area (Å²) in [5.41, 5.74) is -0.718. The molecule has 0 saturated carbocycles. The number of nitrogens with zero attached hydrogens (tertiary/aromatic N) is 1. The van der Waals surface area contributed by atoms with E-state index in [0.717, 1.165) is 0 Å². The molecule has 2 N–H and O–H groups in total. The zero-order valence-electron chi connectivity index (χ0n) is 10.4. The Morgan fingerprint density at radius 2 is 2.15 bits per heavy atom. The molecule has 1 aromatic rings. The zero-order valence-corrected chi connectivity index (χ0v) is 11.2. The van der Waals surface area contributed by atoms with E-state index in [1.54, 1.807) is 6.08 Å². The largest absolute Gasteiger partial charge is 0.489 e. The molecular formula is C11H13FN2O5S. The van der Waals surface area contributed by atoms with Gasteiger partial charge in [0.25, 0.3) is 5.69 Å². The summed E-state index contributed by atoms with van der Waals surface area (Å²) in [5, 5.41) is 15.5. The fraction of sp³-hybridized carbons (Fsp3) is 0.273. The SMILES string of the molecule is C=CCCCOc1c(F)cc([N+](=O)[O-])cc1S(N)(=O)=O. The highest BCUT2D eigenvalue weighted by Gasteiger charge is 2.24. The monoisotopic (exact) mass is 304 g/mol. The van der Waals surface area contributed by atoms with Crippen LogP contribution in [0, 0.1) is 15.9 Å². The molecule has 1 aromatic carbocycles. The summed E-state index contributed by atoms with van der Waals surface area (Å²) in [4.78, 5) is 8.93. The minimum absolute atomic E-state index is 0.0310. The van der Waals surface area contributed by atoms with E-state index in [-0.39, 0.29) is 6.61 Å². The van der Waals surface area contributed by atoms with Crippen LogP contribution in [0.5, 0.6) is 5.75 Å². The Kier molecular flexibility index (Phi) is 5.17. The average molecular weight is 304 g/mol. The highest BCUT2D eigenvalue weighted by atomic mass is 32.2. The molecule has 0 aromatic heterocycles. The standard InChI is InChI=1S/C11H13FN2O5S/c1-2-3-4-5-19-11-9(12)6-8(14(15)16)7-10(11)20(13,17)18/h2,6-7H,1,3-5H2,(H2,13,17,18). The van der Waals surface area contributed by atoms with E-state index in [1.165, 1.54) is 0 Å². The summed E-state index contributed by atoms with van der Waals surface area (Å²) >= 11 is 0. The molecule has 110 valence electrons.